The molecule has 1 heterocycles. The van der Waals surface area contributed by atoms with Crippen molar-refractivity contribution in [1.82, 2.24) is 20.6 Å². The van der Waals surface area contributed by atoms with Gasteiger partial charge in [0.1, 0.15) is 0 Å². The highest BCUT2D eigenvalue weighted by Crippen LogP contribution is 2.16. The first kappa shape index (κ1) is 17.2. The van der Waals surface area contributed by atoms with Gasteiger partial charge in [0, 0.05) is 4.47 Å². The van der Waals surface area contributed by atoms with E-state index in [1.54, 1.807) is 6.92 Å². The number of carbonyl (C=O) groups excluding carboxylic acids is 1. The second kappa shape index (κ2) is 7.88. The fourth-order valence-electron chi connectivity index (χ4n) is 1.45. The van der Waals surface area contributed by atoms with Gasteiger partial charge in [-0.05, 0) is 24.6 Å². The maximum absolute atomic E-state index is 11.9. The van der Waals surface area contributed by atoms with E-state index in [0.717, 1.165) is 21.8 Å². The summed E-state index contributed by atoms with van der Waals surface area (Å²) in [7, 11) is 0. The summed E-state index contributed by atoms with van der Waals surface area (Å²) in [5.74, 6) is -0.393. The van der Waals surface area contributed by atoms with E-state index in [1.807, 2.05) is 29.2 Å². The first-order valence-corrected chi connectivity index (χ1v) is 8.07. The molecule has 1 atom stereocenters. The number of benzene rings is 1. The quantitative estimate of drug-likeness (QED) is 0.392. The van der Waals surface area contributed by atoms with Gasteiger partial charge >= 0.3 is 5.69 Å². The van der Waals surface area contributed by atoms with Crippen LogP contribution in [0.4, 0.5) is 0 Å². The van der Waals surface area contributed by atoms with E-state index >= 15 is 0 Å². The summed E-state index contributed by atoms with van der Waals surface area (Å²) in [5, 5.41) is 8.94. The van der Waals surface area contributed by atoms with Gasteiger partial charge in [0.05, 0.1) is 11.5 Å². The Kier molecular flexibility index (Phi) is 5.88. The molecule has 2 rings (SSSR count). The molecule has 120 valence electrons. The zero-order chi connectivity index (χ0) is 16.8. The largest absolute Gasteiger partial charge is 0.342 e. The van der Waals surface area contributed by atoms with Crippen LogP contribution >= 0.6 is 27.7 Å². The van der Waals surface area contributed by atoms with E-state index in [9.17, 15) is 14.4 Å². The smallest absolute Gasteiger partial charge is 0.272 e. The first-order chi connectivity index (χ1) is 11.0. The number of rotatable bonds is 5. The van der Waals surface area contributed by atoms with Crippen molar-refractivity contribution in [3.63, 3.8) is 0 Å². The van der Waals surface area contributed by atoms with Crippen molar-refractivity contribution in [3.8, 4) is 0 Å². The van der Waals surface area contributed by atoms with E-state index < -0.39 is 22.4 Å². The molecule has 3 N–H and O–H groups in total. The topological polar surface area (TPSA) is 120 Å². The average Bonchev–Trinajstić information content (AvgIpc) is 2.51. The molecule has 0 aliphatic carbocycles. The molecule has 2 aromatic rings. The summed E-state index contributed by atoms with van der Waals surface area (Å²) in [6.45, 7) is 1.60. The van der Waals surface area contributed by atoms with Gasteiger partial charge in [0.25, 0.3) is 11.5 Å². The minimum absolute atomic E-state index is 0.00383. The second-order valence-electron chi connectivity index (χ2n) is 4.36. The number of nitrogens with zero attached hydrogens (tertiary/aromatic N) is 2. The minimum atomic E-state index is -0.699. The van der Waals surface area contributed by atoms with Gasteiger partial charge in [-0.25, -0.2) is 15.3 Å². The Labute approximate surface area is 142 Å². The van der Waals surface area contributed by atoms with Gasteiger partial charge in [-0.3, -0.25) is 14.6 Å². The number of hydrogen-bond acceptors (Lipinski definition) is 6. The van der Waals surface area contributed by atoms with Crippen molar-refractivity contribution in [1.29, 1.82) is 0 Å². The molecular formula is C13H12BrN5O3S. The maximum Gasteiger partial charge on any atom is 0.342 e. The fraction of sp³-hybridized carbons (Fsp3) is 0.154. The number of H-pyrrole nitrogens is 2. The van der Waals surface area contributed by atoms with E-state index in [0.29, 0.717) is 0 Å². The molecule has 23 heavy (non-hydrogen) atoms. The number of nitrogens with one attached hydrogen (secondary N) is 3. The number of hydrazone groups is 1. The summed E-state index contributed by atoms with van der Waals surface area (Å²) in [4.78, 5) is 36.3. The van der Waals surface area contributed by atoms with Crippen molar-refractivity contribution >= 4 is 39.8 Å². The third kappa shape index (κ3) is 5.18. The van der Waals surface area contributed by atoms with E-state index in [1.165, 1.54) is 6.21 Å². The number of hydrogen-bond donors (Lipinski definition) is 3. The minimum Gasteiger partial charge on any atom is -0.272 e. The zero-order valence-electron chi connectivity index (χ0n) is 11.9. The molecule has 0 saturated heterocycles. The van der Waals surface area contributed by atoms with Crippen LogP contribution in [0.1, 0.15) is 12.5 Å². The highest BCUT2D eigenvalue weighted by atomic mass is 79.9. The Balaban J connectivity index is 1.93. The molecule has 1 aromatic carbocycles. The van der Waals surface area contributed by atoms with Crippen molar-refractivity contribution in [3.05, 3.63) is 55.1 Å². The zero-order valence-corrected chi connectivity index (χ0v) is 14.3. The highest BCUT2D eigenvalue weighted by molar-refractivity contribution is 9.10. The number of aromatic amines is 2. The summed E-state index contributed by atoms with van der Waals surface area (Å²) < 4.78 is 0.947. The summed E-state index contributed by atoms with van der Waals surface area (Å²) >= 11 is 4.24. The van der Waals surface area contributed by atoms with Crippen molar-refractivity contribution in [2.45, 2.75) is 17.2 Å². The summed E-state index contributed by atoms with van der Waals surface area (Å²) in [6, 6.07) is 7.38. The van der Waals surface area contributed by atoms with Gasteiger partial charge in [-0.15, -0.1) is 0 Å². The molecule has 1 aromatic heterocycles. The van der Waals surface area contributed by atoms with Crippen molar-refractivity contribution in [2.75, 3.05) is 0 Å². The van der Waals surface area contributed by atoms with Gasteiger partial charge < -0.3 is 0 Å². The van der Waals surface area contributed by atoms with Crippen LogP contribution in [0.25, 0.3) is 0 Å². The van der Waals surface area contributed by atoms with E-state index in [2.05, 4.69) is 36.7 Å². The number of carbonyl (C=O) groups is 1. The van der Waals surface area contributed by atoms with Crippen LogP contribution in [0.5, 0.6) is 0 Å². The predicted octanol–water partition coefficient (Wildman–Crippen LogP) is 0.852. The first-order valence-electron chi connectivity index (χ1n) is 6.40. The summed E-state index contributed by atoms with van der Waals surface area (Å²) in [5.41, 5.74) is 1.87. The molecule has 0 radical (unpaired) electrons. The molecule has 0 saturated carbocycles. The maximum atomic E-state index is 11.9. The van der Waals surface area contributed by atoms with Crippen LogP contribution in [0.2, 0.25) is 0 Å². The van der Waals surface area contributed by atoms with Crippen LogP contribution < -0.4 is 16.7 Å². The number of amides is 1. The Morgan fingerprint density at radius 1 is 1.39 bits per heavy atom. The van der Waals surface area contributed by atoms with E-state index in [4.69, 9.17) is 0 Å². The number of thioether (sulfide) groups is 1. The lowest BCUT2D eigenvalue weighted by Gasteiger charge is -2.07. The number of aromatic nitrogens is 3. The molecule has 8 nitrogen and oxygen atoms in total. The van der Waals surface area contributed by atoms with Gasteiger partial charge in [0.2, 0.25) is 0 Å². The lowest BCUT2D eigenvalue weighted by molar-refractivity contribution is -0.120. The second-order valence-corrected chi connectivity index (χ2v) is 6.60. The molecule has 0 aliphatic rings. The van der Waals surface area contributed by atoms with Crippen molar-refractivity contribution < 1.29 is 4.79 Å². The van der Waals surface area contributed by atoms with Crippen LogP contribution in [0.3, 0.4) is 0 Å². The fourth-order valence-corrected chi connectivity index (χ4v) is 2.46. The van der Waals surface area contributed by atoms with Gasteiger partial charge in [-0.2, -0.15) is 10.2 Å². The van der Waals surface area contributed by atoms with Crippen LogP contribution in [0.15, 0.2) is 48.5 Å². The lowest BCUT2D eigenvalue weighted by atomic mass is 10.2. The molecule has 0 fully saturated rings. The molecule has 1 amide bonds. The molecule has 1 unspecified atom stereocenters. The standard InChI is InChI=1S/C13H12BrN5O3S/c1-7(23-12-11(21)16-13(22)19-18-12)10(20)17-15-6-8-2-4-9(14)5-3-8/h2-7H,1H3,(H,17,20)(H2,16,19,21,22)/b15-6+. The predicted molar refractivity (Wildman–Crippen MR) is 90.7 cm³/mol. The third-order valence-electron chi connectivity index (χ3n) is 2.60. The molecule has 0 spiro atoms. The lowest BCUT2D eigenvalue weighted by Crippen LogP contribution is -2.30. The monoisotopic (exact) mass is 397 g/mol. The molecule has 0 aliphatic heterocycles. The van der Waals surface area contributed by atoms with Crippen LogP contribution in [-0.4, -0.2) is 32.6 Å². The van der Waals surface area contributed by atoms with Crippen molar-refractivity contribution in [2.24, 2.45) is 5.10 Å². The van der Waals surface area contributed by atoms with Gasteiger partial charge in [-0.1, -0.05) is 39.8 Å². The average molecular weight is 398 g/mol. The Bertz CT molecular complexity index is 830. The molecule has 10 heteroatoms. The van der Waals surface area contributed by atoms with Crippen LogP contribution in [-0.2, 0) is 4.79 Å². The molecular weight excluding hydrogens is 386 g/mol. The Morgan fingerprint density at radius 3 is 2.74 bits per heavy atom. The normalized spacial score (nSPS) is 12.3. The van der Waals surface area contributed by atoms with Gasteiger partial charge in [0.15, 0.2) is 5.03 Å². The van der Waals surface area contributed by atoms with Crippen LogP contribution in [0, 0.1) is 0 Å². The SMILES string of the molecule is CC(Sc1n[nH]c(=O)[nH]c1=O)C(=O)N/N=C/c1ccc(Br)cc1. The molecule has 0 bridgehead atoms. The van der Waals surface area contributed by atoms with E-state index in [-0.39, 0.29) is 5.03 Å². The Hall–Kier alpha value is -2.20. The Morgan fingerprint density at radius 2 is 2.09 bits per heavy atom. The highest BCUT2D eigenvalue weighted by Gasteiger charge is 2.16. The third-order valence-corrected chi connectivity index (χ3v) is 4.19. The number of halogens is 1. The summed E-state index contributed by atoms with van der Waals surface area (Å²) in [6.07, 6.45) is 1.51.